The number of aromatic nitrogens is 4. The largest absolute Gasteiger partial charge is 0.417 e. The minimum atomic E-state index is -4.55. The van der Waals surface area contributed by atoms with Crippen LogP contribution < -0.4 is 5.32 Å². The van der Waals surface area contributed by atoms with Gasteiger partial charge in [0.15, 0.2) is 5.65 Å². The molecule has 1 N–H and O–H groups in total. The summed E-state index contributed by atoms with van der Waals surface area (Å²) in [5.41, 5.74) is 1.70. The molecule has 1 aliphatic heterocycles. The Labute approximate surface area is 216 Å². The summed E-state index contributed by atoms with van der Waals surface area (Å²) in [4.78, 5) is 8.75. The predicted octanol–water partition coefficient (Wildman–Crippen LogP) is 5.42. The molecule has 1 aromatic carbocycles. The number of halogens is 4. The molecule has 0 aliphatic carbocycles. The zero-order valence-electron chi connectivity index (χ0n) is 19.0. The van der Waals surface area contributed by atoms with Crippen LogP contribution in [0.2, 0.25) is 0 Å². The van der Waals surface area contributed by atoms with E-state index in [1.54, 1.807) is 27.4 Å². The van der Waals surface area contributed by atoms with E-state index in [4.69, 9.17) is 4.98 Å². The quantitative estimate of drug-likeness (QED) is 0.330. The Balaban J connectivity index is 1.34. The van der Waals surface area contributed by atoms with Crippen LogP contribution in [0.4, 0.5) is 19.0 Å². The third kappa shape index (κ3) is 5.16. The van der Waals surface area contributed by atoms with E-state index < -0.39 is 22.7 Å². The highest BCUT2D eigenvalue weighted by molar-refractivity contribution is 9.10. The number of hydrogen-bond acceptors (Lipinski definition) is 5. The van der Waals surface area contributed by atoms with Crippen LogP contribution in [0.1, 0.15) is 35.6 Å². The maximum absolute atomic E-state index is 13.4. The first-order chi connectivity index (χ1) is 17.3. The summed E-state index contributed by atoms with van der Waals surface area (Å²) in [6.07, 6.45) is 1.89. The van der Waals surface area contributed by atoms with Crippen molar-refractivity contribution in [3.63, 3.8) is 0 Å². The van der Waals surface area contributed by atoms with E-state index in [0.29, 0.717) is 38.1 Å². The molecule has 3 aromatic heterocycles. The van der Waals surface area contributed by atoms with Gasteiger partial charge in [-0.2, -0.15) is 22.8 Å². The van der Waals surface area contributed by atoms with Gasteiger partial charge in [-0.25, -0.2) is 13.5 Å². The van der Waals surface area contributed by atoms with Gasteiger partial charge in [0.2, 0.25) is 0 Å². The van der Waals surface area contributed by atoms with Crippen LogP contribution in [0.25, 0.3) is 5.65 Å². The van der Waals surface area contributed by atoms with Crippen molar-refractivity contribution < 1.29 is 17.4 Å². The number of fused-ring (bicyclic) bond motifs is 1. The van der Waals surface area contributed by atoms with Crippen molar-refractivity contribution in [3.05, 3.63) is 82.3 Å². The lowest BCUT2D eigenvalue weighted by Crippen LogP contribution is -2.35. The monoisotopic (exact) mass is 578 g/mol. The molecule has 4 heterocycles. The summed E-state index contributed by atoms with van der Waals surface area (Å²) >= 11 is 3.51. The number of pyridine rings is 1. The van der Waals surface area contributed by atoms with Crippen LogP contribution in [0, 0.1) is 0 Å². The lowest BCUT2D eigenvalue weighted by Gasteiger charge is -2.31. The summed E-state index contributed by atoms with van der Waals surface area (Å²) in [5, 5.41) is 7.80. The number of benzene rings is 1. The number of alkyl halides is 3. The third-order valence-corrected chi connectivity index (χ3v) is 8.26. The fourth-order valence-electron chi connectivity index (χ4n) is 4.29. The Kier molecular flexibility index (Phi) is 7.09. The van der Waals surface area contributed by atoms with Gasteiger partial charge in [-0.05, 0) is 52.5 Å². The Hall–Kier alpha value is -2.83. The highest BCUT2D eigenvalue weighted by Gasteiger charge is 2.36. The van der Waals surface area contributed by atoms with Gasteiger partial charge in [-0.15, -0.1) is 0 Å². The highest BCUT2D eigenvalue weighted by Crippen LogP contribution is 2.36. The van der Waals surface area contributed by atoms with Crippen molar-refractivity contribution in [1.29, 1.82) is 0 Å². The number of piperidine rings is 1. The Morgan fingerprint density at radius 1 is 1.11 bits per heavy atom. The van der Waals surface area contributed by atoms with E-state index in [9.17, 15) is 17.4 Å². The molecule has 1 atom stereocenters. The Morgan fingerprint density at radius 2 is 1.89 bits per heavy atom. The van der Waals surface area contributed by atoms with Crippen LogP contribution >= 0.6 is 15.9 Å². The van der Waals surface area contributed by atoms with Gasteiger partial charge < -0.3 is 5.32 Å². The molecule has 0 spiro atoms. The first kappa shape index (κ1) is 24.8. The van der Waals surface area contributed by atoms with E-state index in [-0.39, 0.29) is 10.8 Å². The molecule has 1 aliphatic rings. The molecule has 0 saturated carbocycles. The maximum Gasteiger partial charge on any atom is 0.417 e. The van der Waals surface area contributed by atoms with E-state index in [2.05, 4.69) is 31.3 Å². The average Bonchev–Trinajstić information content (AvgIpc) is 3.27. The lowest BCUT2D eigenvalue weighted by atomic mass is 9.94. The Bertz CT molecular complexity index is 1390. The van der Waals surface area contributed by atoms with Crippen LogP contribution in [0.15, 0.2) is 70.4 Å². The molecule has 1 unspecified atom stereocenters. The first-order valence-corrected chi connectivity index (χ1v) is 13.2. The van der Waals surface area contributed by atoms with E-state index >= 15 is 0 Å². The van der Waals surface area contributed by atoms with Gasteiger partial charge >= 0.3 is 6.18 Å². The van der Waals surface area contributed by atoms with Gasteiger partial charge in [-0.3, -0.25) is 4.98 Å². The van der Waals surface area contributed by atoms with Gasteiger partial charge in [0.25, 0.3) is 0 Å². The summed E-state index contributed by atoms with van der Waals surface area (Å²) in [7, 11) is -1.89. The Morgan fingerprint density at radius 3 is 2.61 bits per heavy atom. The van der Waals surface area contributed by atoms with Crippen molar-refractivity contribution in [1.82, 2.24) is 23.9 Å². The second-order valence-electron chi connectivity index (χ2n) is 8.46. The highest BCUT2D eigenvalue weighted by atomic mass is 79.9. The number of nitrogens with zero attached hydrogens (tertiary/aromatic N) is 5. The molecular weight excluding hydrogens is 557 g/mol. The first-order valence-electron chi connectivity index (χ1n) is 11.3. The van der Waals surface area contributed by atoms with Crippen molar-refractivity contribution in [2.45, 2.75) is 36.4 Å². The summed E-state index contributed by atoms with van der Waals surface area (Å²) in [5.74, 6) is 0.844. The molecule has 188 valence electrons. The third-order valence-electron chi connectivity index (χ3n) is 6.13. The molecule has 1 fully saturated rings. The van der Waals surface area contributed by atoms with Crippen molar-refractivity contribution >= 4 is 38.4 Å². The molecule has 0 bridgehead atoms. The standard InChI is InChI=1S/C24H22BrF3N6OS/c25-19-15-31-34-22(30-14-16-4-3-9-29-13-16)12-20(32-23(19)34)17-7-10-33(11-8-17)36(35)21-6-2-1-5-18(21)24(26,27)28/h1-6,9,12-13,15,17,30H,7-8,10-11,14H2. The second kappa shape index (κ2) is 10.3. The summed E-state index contributed by atoms with van der Waals surface area (Å²) in [6, 6.07) is 10.9. The van der Waals surface area contributed by atoms with E-state index in [1.807, 2.05) is 18.2 Å². The molecule has 0 radical (unpaired) electrons. The fraction of sp³-hybridized carbons (Fsp3) is 0.292. The number of hydrogen-bond donors (Lipinski definition) is 1. The molecule has 36 heavy (non-hydrogen) atoms. The van der Waals surface area contributed by atoms with Crippen LogP contribution in [0.5, 0.6) is 0 Å². The van der Waals surface area contributed by atoms with Crippen molar-refractivity contribution in [3.8, 4) is 0 Å². The second-order valence-corrected chi connectivity index (χ2v) is 10.8. The average molecular weight is 579 g/mol. The van der Waals surface area contributed by atoms with Gasteiger partial charge in [0.05, 0.1) is 21.1 Å². The predicted molar refractivity (Wildman–Crippen MR) is 134 cm³/mol. The summed E-state index contributed by atoms with van der Waals surface area (Å²) in [6.45, 7) is 1.35. The SMILES string of the molecule is O=S(c1ccccc1C(F)(F)F)N1CCC(c2cc(NCc3cccnc3)n3ncc(Br)c3n2)CC1. The fourth-order valence-corrected chi connectivity index (χ4v) is 6.03. The van der Waals surface area contributed by atoms with Crippen LogP contribution in [0.3, 0.4) is 0 Å². The molecule has 7 nitrogen and oxygen atoms in total. The van der Waals surface area contributed by atoms with Crippen LogP contribution in [-0.2, 0) is 23.7 Å². The van der Waals surface area contributed by atoms with E-state index in [0.717, 1.165) is 27.6 Å². The molecule has 1 saturated heterocycles. The molecule has 4 aromatic rings. The number of rotatable bonds is 6. The minimum absolute atomic E-state index is 0.0712. The molecule has 5 rings (SSSR count). The smallest absolute Gasteiger partial charge is 0.366 e. The van der Waals surface area contributed by atoms with Crippen molar-refractivity contribution in [2.75, 3.05) is 18.4 Å². The summed E-state index contributed by atoms with van der Waals surface area (Å²) < 4.78 is 57.4. The van der Waals surface area contributed by atoms with Gasteiger partial charge in [0.1, 0.15) is 16.8 Å². The lowest BCUT2D eigenvalue weighted by molar-refractivity contribution is -0.139. The number of nitrogens with one attached hydrogen (secondary N) is 1. The van der Waals surface area contributed by atoms with Gasteiger partial charge in [0, 0.05) is 49.7 Å². The zero-order valence-corrected chi connectivity index (χ0v) is 21.4. The minimum Gasteiger partial charge on any atom is -0.366 e. The van der Waals surface area contributed by atoms with Gasteiger partial charge in [-0.1, -0.05) is 18.2 Å². The topological polar surface area (TPSA) is 75.4 Å². The zero-order chi connectivity index (χ0) is 25.3. The molecular formula is C24H22BrF3N6OS. The molecule has 0 amide bonds. The molecule has 12 heteroatoms. The normalized spacial score (nSPS) is 16.3. The number of anilines is 1. The van der Waals surface area contributed by atoms with E-state index in [1.165, 1.54) is 18.2 Å². The van der Waals surface area contributed by atoms with Crippen LogP contribution in [-0.4, -0.2) is 41.2 Å². The maximum atomic E-state index is 13.4. The van der Waals surface area contributed by atoms with Crippen molar-refractivity contribution in [2.24, 2.45) is 0 Å².